The Morgan fingerprint density at radius 3 is 2.92 bits per heavy atom. The number of aromatic amines is 1. The van der Waals surface area contributed by atoms with Gasteiger partial charge in [-0.3, -0.25) is 4.79 Å². The van der Waals surface area contributed by atoms with Crippen LogP contribution in [0, 0.1) is 5.82 Å². The fraction of sp³-hybridized carbons (Fsp3) is 0. The Hall–Kier alpha value is -1.35. The van der Waals surface area contributed by atoms with E-state index in [0.717, 1.165) is 6.07 Å². The average Bonchev–Trinajstić information content (AvgIpc) is 2.02. The molecule has 66 valence electrons. The molecule has 0 saturated carbocycles. The fourth-order valence-electron chi connectivity index (χ4n) is 1.23. The van der Waals surface area contributed by atoms with Gasteiger partial charge in [0.25, 0.3) is 0 Å². The summed E-state index contributed by atoms with van der Waals surface area (Å²) in [6.45, 7) is 0. The van der Waals surface area contributed by atoms with E-state index < -0.39 is 5.82 Å². The van der Waals surface area contributed by atoms with E-state index in [4.69, 9.17) is 11.6 Å². The lowest BCUT2D eigenvalue weighted by molar-refractivity contribution is 0.629. The Bertz CT molecular complexity index is 520. The number of hydrogen-bond acceptors (Lipinski definition) is 1. The number of hydrogen-bond donors (Lipinski definition) is 1. The molecule has 1 N–H and O–H groups in total. The van der Waals surface area contributed by atoms with E-state index in [2.05, 4.69) is 4.98 Å². The van der Waals surface area contributed by atoms with Gasteiger partial charge in [-0.2, -0.15) is 0 Å². The SMILES string of the molecule is O=c1cc[nH]c2cc(F)cc(Cl)c12. The van der Waals surface area contributed by atoms with Crippen LogP contribution in [0.3, 0.4) is 0 Å². The van der Waals surface area contributed by atoms with Gasteiger partial charge in [-0.15, -0.1) is 0 Å². The number of pyridine rings is 1. The summed E-state index contributed by atoms with van der Waals surface area (Å²) in [4.78, 5) is 14.0. The van der Waals surface area contributed by atoms with Crippen LogP contribution in [0.25, 0.3) is 10.9 Å². The van der Waals surface area contributed by atoms with Crippen molar-refractivity contribution in [2.24, 2.45) is 0 Å². The van der Waals surface area contributed by atoms with Gasteiger partial charge in [-0.1, -0.05) is 11.6 Å². The molecule has 2 rings (SSSR count). The van der Waals surface area contributed by atoms with Crippen LogP contribution >= 0.6 is 11.6 Å². The first-order chi connectivity index (χ1) is 6.18. The van der Waals surface area contributed by atoms with E-state index in [1.54, 1.807) is 0 Å². The molecule has 1 aromatic heterocycles. The Morgan fingerprint density at radius 1 is 1.38 bits per heavy atom. The van der Waals surface area contributed by atoms with Gasteiger partial charge in [-0.05, 0) is 12.1 Å². The normalized spacial score (nSPS) is 10.6. The summed E-state index contributed by atoms with van der Waals surface area (Å²) in [5.41, 5.74) is 0.205. The number of fused-ring (bicyclic) bond motifs is 1. The highest BCUT2D eigenvalue weighted by Crippen LogP contribution is 2.19. The Labute approximate surface area is 78.0 Å². The number of aromatic nitrogens is 1. The largest absolute Gasteiger partial charge is 0.361 e. The number of halogens is 2. The van der Waals surface area contributed by atoms with Gasteiger partial charge in [-0.25, -0.2) is 4.39 Å². The number of rotatable bonds is 0. The van der Waals surface area contributed by atoms with Crippen molar-refractivity contribution in [2.75, 3.05) is 0 Å². The van der Waals surface area contributed by atoms with Gasteiger partial charge in [0.1, 0.15) is 5.82 Å². The highest BCUT2D eigenvalue weighted by Gasteiger charge is 2.04. The summed E-state index contributed by atoms with van der Waals surface area (Å²) >= 11 is 5.71. The lowest BCUT2D eigenvalue weighted by atomic mass is 10.2. The number of benzene rings is 1. The lowest BCUT2D eigenvalue weighted by Gasteiger charge is -1.98. The monoisotopic (exact) mass is 197 g/mol. The predicted molar refractivity (Wildman–Crippen MR) is 49.5 cm³/mol. The average molecular weight is 198 g/mol. The van der Waals surface area contributed by atoms with Crippen LogP contribution in [0.15, 0.2) is 29.2 Å². The zero-order chi connectivity index (χ0) is 9.42. The molecular weight excluding hydrogens is 193 g/mol. The molecule has 0 atom stereocenters. The van der Waals surface area contributed by atoms with Gasteiger partial charge >= 0.3 is 0 Å². The third-order valence-corrected chi connectivity index (χ3v) is 2.07. The molecule has 1 aromatic carbocycles. The zero-order valence-electron chi connectivity index (χ0n) is 6.47. The van der Waals surface area contributed by atoms with Crippen LogP contribution in [0.1, 0.15) is 0 Å². The van der Waals surface area contributed by atoms with Crippen LogP contribution in [-0.2, 0) is 0 Å². The van der Waals surface area contributed by atoms with Gasteiger partial charge in [0, 0.05) is 12.3 Å². The van der Waals surface area contributed by atoms with E-state index >= 15 is 0 Å². The molecule has 13 heavy (non-hydrogen) atoms. The molecule has 2 aromatic rings. The molecule has 2 nitrogen and oxygen atoms in total. The third-order valence-electron chi connectivity index (χ3n) is 1.77. The van der Waals surface area contributed by atoms with Crippen molar-refractivity contribution in [3.63, 3.8) is 0 Å². The molecule has 0 radical (unpaired) electrons. The smallest absolute Gasteiger partial charge is 0.190 e. The molecule has 0 amide bonds. The molecule has 0 aliphatic carbocycles. The highest BCUT2D eigenvalue weighted by atomic mass is 35.5. The number of nitrogens with one attached hydrogen (secondary N) is 1. The van der Waals surface area contributed by atoms with Crippen LogP contribution in [0.2, 0.25) is 5.02 Å². The summed E-state index contributed by atoms with van der Waals surface area (Å²) in [5, 5.41) is 0.461. The van der Waals surface area contributed by atoms with Gasteiger partial charge in [0.15, 0.2) is 5.43 Å². The molecule has 4 heteroatoms. The van der Waals surface area contributed by atoms with Crippen molar-refractivity contribution in [1.82, 2.24) is 4.98 Å². The van der Waals surface area contributed by atoms with Gasteiger partial charge in [0.05, 0.1) is 15.9 Å². The van der Waals surface area contributed by atoms with E-state index in [1.165, 1.54) is 18.3 Å². The highest BCUT2D eigenvalue weighted by molar-refractivity contribution is 6.35. The summed E-state index contributed by atoms with van der Waals surface area (Å²) in [5.74, 6) is -0.459. The second-order valence-electron chi connectivity index (χ2n) is 2.65. The van der Waals surface area contributed by atoms with Crippen molar-refractivity contribution in [3.05, 3.63) is 45.5 Å². The molecule has 0 bridgehead atoms. The van der Waals surface area contributed by atoms with Crippen LogP contribution < -0.4 is 5.43 Å². The van der Waals surface area contributed by atoms with Crippen molar-refractivity contribution < 1.29 is 4.39 Å². The zero-order valence-corrected chi connectivity index (χ0v) is 7.23. The van der Waals surface area contributed by atoms with Gasteiger partial charge in [0.2, 0.25) is 0 Å². The summed E-state index contributed by atoms with van der Waals surface area (Å²) in [6.07, 6.45) is 1.46. The summed E-state index contributed by atoms with van der Waals surface area (Å²) < 4.78 is 12.8. The first-order valence-electron chi connectivity index (χ1n) is 3.65. The van der Waals surface area contributed by atoms with Crippen molar-refractivity contribution in [2.45, 2.75) is 0 Å². The number of H-pyrrole nitrogens is 1. The second-order valence-corrected chi connectivity index (χ2v) is 3.06. The lowest BCUT2D eigenvalue weighted by Crippen LogP contribution is -2.00. The minimum Gasteiger partial charge on any atom is -0.361 e. The fourth-order valence-corrected chi connectivity index (χ4v) is 1.53. The minimum atomic E-state index is -0.459. The van der Waals surface area contributed by atoms with Crippen molar-refractivity contribution in [3.8, 4) is 0 Å². The van der Waals surface area contributed by atoms with E-state index in [1.807, 2.05) is 0 Å². The Kier molecular flexibility index (Phi) is 1.81. The first kappa shape index (κ1) is 8.26. The molecule has 0 fully saturated rings. The van der Waals surface area contributed by atoms with Crippen LogP contribution in [0.4, 0.5) is 4.39 Å². The Balaban J connectivity index is 3.03. The molecule has 0 aliphatic heterocycles. The minimum absolute atomic E-state index is 0.136. The molecule has 1 heterocycles. The second kappa shape index (κ2) is 2.85. The molecule has 0 saturated heterocycles. The quantitative estimate of drug-likeness (QED) is 0.691. The maximum atomic E-state index is 12.8. The standard InChI is InChI=1S/C9H5ClFNO/c10-6-3-5(11)4-7-9(6)8(13)1-2-12-7/h1-4H,(H,12,13). The summed E-state index contributed by atoms with van der Waals surface area (Å²) in [7, 11) is 0. The molecule has 0 unspecified atom stereocenters. The third kappa shape index (κ3) is 1.31. The van der Waals surface area contributed by atoms with E-state index in [0.29, 0.717) is 10.9 Å². The molecule has 0 spiro atoms. The molecular formula is C9H5ClFNO. The van der Waals surface area contributed by atoms with Crippen LogP contribution in [-0.4, -0.2) is 4.98 Å². The van der Waals surface area contributed by atoms with E-state index in [-0.39, 0.29) is 10.5 Å². The maximum Gasteiger partial charge on any atom is 0.190 e. The topological polar surface area (TPSA) is 32.9 Å². The maximum absolute atomic E-state index is 12.8. The predicted octanol–water partition coefficient (Wildman–Crippen LogP) is 2.32. The van der Waals surface area contributed by atoms with Gasteiger partial charge < -0.3 is 4.98 Å². The Morgan fingerprint density at radius 2 is 2.15 bits per heavy atom. The van der Waals surface area contributed by atoms with Crippen LogP contribution in [0.5, 0.6) is 0 Å². The first-order valence-corrected chi connectivity index (χ1v) is 4.03. The van der Waals surface area contributed by atoms with Crippen molar-refractivity contribution in [1.29, 1.82) is 0 Å². The summed E-state index contributed by atoms with van der Waals surface area (Å²) in [6, 6.07) is 3.72. The molecule has 0 aliphatic rings. The van der Waals surface area contributed by atoms with Crippen molar-refractivity contribution >= 4 is 22.5 Å². The van der Waals surface area contributed by atoms with E-state index in [9.17, 15) is 9.18 Å².